The number of anilines is 1. The summed E-state index contributed by atoms with van der Waals surface area (Å²) >= 11 is 0. The van der Waals surface area contributed by atoms with Crippen LogP contribution in [0.2, 0.25) is 0 Å². The lowest BCUT2D eigenvalue weighted by atomic mass is 10.1. The molecule has 0 saturated heterocycles. The highest BCUT2D eigenvalue weighted by Crippen LogP contribution is 2.21. The number of ether oxygens (including phenoxy) is 3. The number of benzene rings is 2. The fourth-order valence-corrected chi connectivity index (χ4v) is 2.57. The van der Waals surface area contributed by atoms with E-state index in [2.05, 4.69) is 10.1 Å². The Kier molecular flexibility index (Phi) is 7.14. The van der Waals surface area contributed by atoms with Gasteiger partial charge in [0.05, 0.1) is 31.0 Å². The summed E-state index contributed by atoms with van der Waals surface area (Å²) in [6, 6.07) is 11.5. The molecule has 148 valence electrons. The molecular formula is C21H23NO6. The molecule has 0 fully saturated rings. The smallest absolute Gasteiger partial charge is 0.339 e. The Hall–Kier alpha value is -3.35. The maximum atomic E-state index is 12.7. The number of hydrogen-bond acceptors (Lipinski definition) is 6. The lowest BCUT2D eigenvalue weighted by Crippen LogP contribution is -2.33. The first kappa shape index (κ1) is 21.0. The normalized spacial score (nSPS) is 11.3. The predicted molar refractivity (Wildman–Crippen MR) is 104 cm³/mol. The van der Waals surface area contributed by atoms with E-state index in [4.69, 9.17) is 9.47 Å². The Bertz CT molecular complexity index is 877. The zero-order valence-corrected chi connectivity index (χ0v) is 16.3. The van der Waals surface area contributed by atoms with Gasteiger partial charge in [-0.25, -0.2) is 9.59 Å². The number of rotatable bonds is 7. The number of aryl methyl sites for hydroxylation is 1. The van der Waals surface area contributed by atoms with Crippen LogP contribution in [0.25, 0.3) is 0 Å². The lowest BCUT2D eigenvalue weighted by Gasteiger charge is -2.19. The maximum Gasteiger partial charge on any atom is 0.339 e. The van der Waals surface area contributed by atoms with E-state index in [0.717, 1.165) is 5.56 Å². The Morgan fingerprint density at radius 1 is 1.00 bits per heavy atom. The van der Waals surface area contributed by atoms with E-state index in [0.29, 0.717) is 12.2 Å². The molecule has 2 rings (SSSR count). The van der Waals surface area contributed by atoms with Gasteiger partial charge in [-0.1, -0.05) is 19.1 Å². The van der Waals surface area contributed by atoms with Gasteiger partial charge in [0.25, 0.3) is 5.91 Å². The van der Waals surface area contributed by atoms with Crippen molar-refractivity contribution in [3.8, 4) is 5.75 Å². The largest absolute Gasteiger partial charge is 0.481 e. The molecule has 0 aliphatic rings. The number of nitrogens with one attached hydrogen (secondary N) is 1. The highest BCUT2D eigenvalue weighted by Gasteiger charge is 2.22. The molecule has 7 nitrogen and oxygen atoms in total. The molecule has 0 aliphatic carbocycles. The minimum Gasteiger partial charge on any atom is -0.481 e. The molecular weight excluding hydrogens is 362 g/mol. The van der Waals surface area contributed by atoms with Crippen LogP contribution in [0.5, 0.6) is 5.75 Å². The van der Waals surface area contributed by atoms with Crippen molar-refractivity contribution in [3.63, 3.8) is 0 Å². The molecule has 2 aromatic carbocycles. The lowest BCUT2D eigenvalue weighted by molar-refractivity contribution is -0.122. The quantitative estimate of drug-likeness (QED) is 0.735. The molecule has 0 aliphatic heterocycles. The van der Waals surface area contributed by atoms with Gasteiger partial charge in [-0.2, -0.15) is 0 Å². The van der Waals surface area contributed by atoms with Crippen LogP contribution in [0.1, 0.15) is 39.6 Å². The van der Waals surface area contributed by atoms with Crippen LogP contribution in [0.3, 0.4) is 0 Å². The van der Waals surface area contributed by atoms with Gasteiger partial charge in [0.2, 0.25) is 0 Å². The first-order valence-corrected chi connectivity index (χ1v) is 8.74. The van der Waals surface area contributed by atoms with E-state index < -0.39 is 23.9 Å². The van der Waals surface area contributed by atoms with Gasteiger partial charge in [-0.15, -0.1) is 0 Å². The van der Waals surface area contributed by atoms with Crippen molar-refractivity contribution in [2.75, 3.05) is 19.5 Å². The molecule has 7 heteroatoms. The molecule has 0 radical (unpaired) electrons. The van der Waals surface area contributed by atoms with Crippen molar-refractivity contribution in [3.05, 3.63) is 59.2 Å². The second kappa shape index (κ2) is 9.55. The fraction of sp³-hybridized carbons (Fsp3) is 0.286. The van der Waals surface area contributed by atoms with Crippen molar-refractivity contribution in [1.82, 2.24) is 0 Å². The molecule has 0 spiro atoms. The van der Waals surface area contributed by atoms with E-state index in [9.17, 15) is 14.4 Å². The SMILES string of the molecule is CC[C@H](Oc1cccc(C)c1)C(=O)Nc1cc(C(=O)OC)ccc1C(=O)OC. The van der Waals surface area contributed by atoms with Crippen LogP contribution < -0.4 is 10.1 Å². The number of carbonyl (C=O) groups excluding carboxylic acids is 3. The summed E-state index contributed by atoms with van der Waals surface area (Å²) in [6.07, 6.45) is -0.376. The third-order valence-electron chi connectivity index (χ3n) is 4.03. The third-order valence-corrected chi connectivity index (χ3v) is 4.03. The van der Waals surface area contributed by atoms with Crippen molar-refractivity contribution in [1.29, 1.82) is 0 Å². The maximum absolute atomic E-state index is 12.7. The van der Waals surface area contributed by atoms with E-state index in [1.807, 2.05) is 32.0 Å². The summed E-state index contributed by atoms with van der Waals surface area (Å²) in [4.78, 5) is 36.5. The summed E-state index contributed by atoms with van der Waals surface area (Å²) in [5, 5.41) is 2.66. The van der Waals surface area contributed by atoms with Gasteiger partial charge in [0.1, 0.15) is 5.75 Å². The summed E-state index contributed by atoms with van der Waals surface area (Å²) in [5.41, 5.74) is 1.46. The van der Waals surface area contributed by atoms with Gasteiger partial charge in [0, 0.05) is 0 Å². The average Bonchev–Trinajstić information content (AvgIpc) is 2.70. The number of methoxy groups -OCH3 is 2. The van der Waals surface area contributed by atoms with Crippen LogP contribution >= 0.6 is 0 Å². The highest BCUT2D eigenvalue weighted by molar-refractivity contribution is 6.04. The second-order valence-electron chi connectivity index (χ2n) is 6.06. The Morgan fingerprint density at radius 2 is 1.71 bits per heavy atom. The number of carbonyl (C=O) groups is 3. The third kappa shape index (κ3) is 5.09. The van der Waals surface area contributed by atoms with Crippen LogP contribution in [-0.2, 0) is 14.3 Å². The Labute approximate surface area is 163 Å². The average molecular weight is 385 g/mol. The monoisotopic (exact) mass is 385 g/mol. The zero-order valence-electron chi connectivity index (χ0n) is 16.3. The van der Waals surface area contributed by atoms with E-state index >= 15 is 0 Å². The first-order chi connectivity index (χ1) is 13.4. The van der Waals surface area contributed by atoms with Gasteiger partial charge in [-0.05, 0) is 49.2 Å². The van der Waals surface area contributed by atoms with E-state index in [1.54, 1.807) is 6.07 Å². The minimum atomic E-state index is -0.783. The van der Waals surface area contributed by atoms with Gasteiger partial charge >= 0.3 is 11.9 Å². The van der Waals surface area contributed by atoms with Crippen LogP contribution in [0.15, 0.2) is 42.5 Å². The zero-order chi connectivity index (χ0) is 20.7. The van der Waals surface area contributed by atoms with Gasteiger partial charge in [0.15, 0.2) is 6.10 Å². The number of esters is 2. The molecule has 0 bridgehead atoms. The molecule has 1 amide bonds. The van der Waals surface area contributed by atoms with Crippen LogP contribution in [0.4, 0.5) is 5.69 Å². The molecule has 0 unspecified atom stereocenters. The van der Waals surface area contributed by atoms with Crippen LogP contribution in [-0.4, -0.2) is 38.2 Å². The van der Waals surface area contributed by atoms with Crippen LogP contribution in [0, 0.1) is 6.92 Å². The molecule has 0 aromatic heterocycles. The highest BCUT2D eigenvalue weighted by atomic mass is 16.5. The minimum absolute atomic E-state index is 0.119. The summed E-state index contributed by atoms with van der Waals surface area (Å²) in [6.45, 7) is 3.74. The number of amides is 1. The standard InChI is InChI=1S/C21H23NO6/c1-5-18(28-15-8-6-7-13(2)11-15)19(23)22-17-12-14(20(24)26-3)9-10-16(17)21(25)27-4/h6-12,18H,5H2,1-4H3,(H,22,23)/t18-/m0/s1. The summed E-state index contributed by atoms with van der Waals surface area (Å²) in [7, 11) is 2.48. The summed E-state index contributed by atoms with van der Waals surface area (Å²) < 4.78 is 15.2. The van der Waals surface area contributed by atoms with Gasteiger partial charge < -0.3 is 19.5 Å². The second-order valence-corrected chi connectivity index (χ2v) is 6.06. The molecule has 1 atom stereocenters. The Balaban J connectivity index is 2.28. The molecule has 0 heterocycles. The predicted octanol–water partition coefficient (Wildman–Crippen LogP) is 3.36. The summed E-state index contributed by atoms with van der Waals surface area (Å²) in [5.74, 6) is -1.11. The molecule has 0 saturated carbocycles. The molecule has 2 aromatic rings. The first-order valence-electron chi connectivity index (χ1n) is 8.74. The fourth-order valence-electron chi connectivity index (χ4n) is 2.57. The number of hydrogen-bond donors (Lipinski definition) is 1. The van der Waals surface area contributed by atoms with E-state index in [1.165, 1.54) is 32.4 Å². The molecule has 28 heavy (non-hydrogen) atoms. The van der Waals surface area contributed by atoms with Crippen molar-refractivity contribution in [2.45, 2.75) is 26.4 Å². The van der Waals surface area contributed by atoms with Crippen molar-refractivity contribution >= 4 is 23.5 Å². The van der Waals surface area contributed by atoms with Crippen molar-refractivity contribution in [2.24, 2.45) is 0 Å². The Morgan fingerprint density at radius 3 is 2.32 bits per heavy atom. The molecule has 1 N–H and O–H groups in total. The van der Waals surface area contributed by atoms with Gasteiger partial charge in [-0.3, -0.25) is 4.79 Å². The topological polar surface area (TPSA) is 90.9 Å². The van der Waals surface area contributed by atoms with E-state index in [-0.39, 0.29) is 16.8 Å². The van der Waals surface area contributed by atoms with Crippen molar-refractivity contribution < 1.29 is 28.6 Å².